The monoisotopic (exact) mass is 308 g/mol. The van der Waals surface area contributed by atoms with Gasteiger partial charge in [0.1, 0.15) is 11.3 Å². The van der Waals surface area contributed by atoms with Crippen LogP contribution in [0.4, 0.5) is 5.69 Å². The summed E-state index contributed by atoms with van der Waals surface area (Å²) < 4.78 is 10.8. The molecular formula is C15H17ClN2O3. The molecule has 2 aromatic rings. The molecule has 0 saturated carbocycles. The Balaban J connectivity index is 2.45. The second kappa shape index (κ2) is 7.13. The van der Waals surface area contributed by atoms with Crippen LogP contribution >= 0.6 is 11.6 Å². The van der Waals surface area contributed by atoms with Crippen molar-refractivity contribution in [2.24, 2.45) is 0 Å². The standard InChI is InChI=1S/C15H17ClN2O3/c1-20-12-9-11(18-13(19)6-3-7-16)15(21-2)14-10(12)5-4-8-17-14/h4-5,8-9H,3,6-7H2,1-2H3,(H,18,19). The molecule has 0 bridgehead atoms. The summed E-state index contributed by atoms with van der Waals surface area (Å²) in [6.45, 7) is 0. The van der Waals surface area contributed by atoms with Crippen LogP contribution in [0.25, 0.3) is 10.9 Å². The first kappa shape index (κ1) is 15.4. The number of benzene rings is 1. The molecule has 5 nitrogen and oxygen atoms in total. The molecule has 112 valence electrons. The number of hydrogen-bond acceptors (Lipinski definition) is 4. The number of hydrogen-bond donors (Lipinski definition) is 1. The highest BCUT2D eigenvalue weighted by Crippen LogP contribution is 2.38. The fourth-order valence-electron chi connectivity index (χ4n) is 2.10. The molecule has 0 aliphatic rings. The maximum Gasteiger partial charge on any atom is 0.224 e. The molecule has 1 N–H and O–H groups in total. The van der Waals surface area contributed by atoms with Crippen molar-refractivity contribution in [2.45, 2.75) is 12.8 Å². The van der Waals surface area contributed by atoms with Gasteiger partial charge in [0.2, 0.25) is 5.91 Å². The third kappa shape index (κ3) is 3.36. The van der Waals surface area contributed by atoms with Gasteiger partial charge in [0, 0.05) is 30.0 Å². The molecule has 0 fully saturated rings. The van der Waals surface area contributed by atoms with Crippen LogP contribution in [0.3, 0.4) is 0 Å². The van der Waals surface area contributed by atoms with Crippen molar-refractivity contribution in [2.75, 3.05) is 25.4 Å². The number of fused-ring (bicyclic) bond motifs is 1. The van der Waals surface area contributed by atoms with E-state index in [9.17, 15) is 4.79 Å². The molecular weight excluding hydrogens is 292 g/mol. The van der Waals surface area contributed by atoms with E-state index in [0.29, 0.717) is 41.4 Å². The second-order valence-corrected chi connectivity index (χ2v) is 4.78. The largest absolute Gasteiger partial charge is 0.496 e. The zero-order chi connectivity index (χ0) is 15.2. The topological polar surface area (TPSA) is 60.5 Å². The summed E-state index contributed by atoms with van der Waals surface area (Å²) in [6.07, 6.45) is 2.65. The van der Waals surface area contributed by atoms with Crippen molar-refractivity contribution in [3.63, 3.8) is 0 Å². The van der Waals surface area contributed by atoms with Gasteiger partial charge in [0.15, 0.2) is 5.75 Å². The Morgan fingerprint density at radius 1 is 1.38 bits per heavy atom. The number of carbonyl (C=O) groups is 1. The fourth-order valence-corrected chi connectivity index (χ4v) is 2.23. The zero-order valence-corrected chi connectivity index (χ0v) is 12.7. The van der Waals surface area contributed by atoms with E-state index in [-0.39, 0.29) is 5.91 Å². The normalized spacial score (nSPS) is 10.4. The quantitative estimate of drug-likeness (QED) is 0.832. The maximum absolute atomic E-state index is 11.9. The number of pyridine rings is 1. The van der Waals surface area contributed by atoms with E-state index in [1.54, 1.807) is 26.5 Å². The first-order valence-corrected chi connectivity index (χ1v) is 7.10. The molecule has 2 rings (SSSR count). The summed E-state index contributed by atoms with van der Waals surface area (Å²) in [4.78, 5) is 16.2. The average Bonchev–Trinajstić information content (AvgIpc) is 2.52. The molecule has 0 saturated heterocycles. The number of nitrogens with one attached hydrogen (secondary N) is 1. The summed E-state index contributed by atoms with van der Waals surface area (Å²) in [5, 5.41) is 3.65. The Kier molecular flexibility index (Phi) is 5.22. The SMILES string of the molecule is COc1cc(NC(=O)CCCCl)c(OC)c2ncccc12. The molecule has 0 atom stereocenters. The Morgan fingerprint density at radius 2 is 2.19 bits per heavy atom. The van der Waals surface area contributed by atoms with Crippen molar-refractivity contribution >= 4 is 34.1 Å². The van der Waals surface area contributed by atoms with Gasteiger partial charge in [0.05, 0.1) is 19.9 Å². The predicted molar refractivity (Wildman–Crippen MR) is 83.4 cm³/mol. The number of halogens is 1. The molecule has 1 aromatic carbocycles. The Morgan fingerprint density at radius 3 is 2.86 bits per heavy atom. The van der Waals surface area contributed by atoms with Gasteiger partial charge in [-0.25, -0.2) is 0 Å². The Bertz CT molecular complexity index is 646. The number of aromatic nitrogens is 1. The molecule has 1 heterocycles. The molecule has 0 radical (unpaired) electrons. The van der Waals surface area contributed by atoms with Crippen molar-refractivity contribution in [3.8, 4) is 11.5 Å². The van der Waals surface area contributed by atoms with E-state index < -0.39 is 0 Å². The van der Waals surface area contributed by atoms with E-state index in [1.807, 2.05) is 12.1 Å². The van der Waals surface area contributed by atoms with Gasteiger partial charge in [-0.1, -0.05) is 0 Å². The van der Waals surface area contributed by atoms with Gasteiger partial charge < -0.3 is 14.8 Å². The number of nitrogens with zero attached hydrogens (tertiary/aromatic N) is 1. The number of ether oxygens (including phenoxy) is 2. The van der Waals surface area contributed by atoms with Crippen LogP contribution in [0, 0.1) is 0 Å². The number of alkyl halides is 1. The van der Waals surface area contributed by atoms with Crippen LogP contribution in [0.1, 0.15) is 12.8 Å². The maximum atomic E-state index is 11.9. The van der Waals surface area contributed by atoms with Crippen LogP contribution in [0.15, 0.2) is 24.4 Å². The molecule has 1 aromatic heterocycles. The number of amides is 1. The van der Waals surface area contributed by atoms with E-state index in [1.165, 1.54) is 0 Å². The van der Waals surface area contributed by atoms with Gasteiger partial charge >= 0.3 is 0 Å². The van der Waals surface area contributed by atoms with E-state index in [2.05, 4.69) is 10.3 Å². The third-order valence-electron chi connectivity index (χ3n) is 3.04. The van der Waals surface area contributed by atoms with Gasteiger partial charge in [-0.3, -0.25) is 9.78 Å². The van der Waals surface area contributed by atoms with E-state index in [4.69, 9.17) is 21.1 Å². The highest BCUT2D eigenvalue weighted by Gasteiger charge is 2.16. The lowest BCUT2D eigenvalue weighted by Gasteiger charge is -2.15. The van der Waals surface area contributed by atoms with Crippen molar-refractivity contribution < 1.29 is 14.3 Å². The minimum absolute atomic E-state index is 0.119. The minimum Gasteiger partial charge on any atom is -0.496 e. The molecule has 0 aliphatic carbocycles. The lowest BCUT2D eigenvalue weighted by molar-refractivity contribution is -0.116. The molecule has 6 heteroatoms. The summed E-state index contributed by atoms with van der Waals surface area (Å²) in [7, 11) is 3.12. The first-order valence-electron chi connectivity index (χ1n) is 6.56. The van der Waals surface area contributed by atoms with Gasteiger partial charge in [0.25, 0.3) is 0 Å². The van der Waals surface area contributed by atoms with Crippen molar-refractivity contribution in [1.82, 2.24) is 4.98 Å². The van der Waals surface area contributed by atoms with Gasteiger partial charge in [-0.05, 0) is 18.6 Å². The Hall–Kier alpha value is -2.01. The number of carbonyl (C=O) groups excluding carboxylic acids is 1. The highest BCUT2D eigenvalue weighted by atomic mass is 35.5. The fraction of sp³-hybridized carbons (Fsp3) is 0.333. The van der Waals surface area contributed by atoms with Crippen molar-refractivity contribution in [1.29, 1.82) is 0 Å². The average molecular weight is 309 g/mol. The molecule has 21 heavy (non-hydrogen) atoms. The lowest BCUT2D eigenvalue weighted by atomic mass is 10.1. The van der Waals surface area contributed by atoms with Crippen LogP contribution in [0.5, 0.6) is 11.5 Å². The zero-order valence-electron chi connectivity index (χ0n) is 12.0. The Labute approximate surface area is 128 Å². The van der Waals surface area contributed by atoms with Crippen LogP contribution in [0.2, 0.25) is 0 Å². The number of anilines is 1. The number of methoxy groups -OCH3 is 2. The smallest absolute Gasteiger partial charge is 0.224 e. The first-order chi connectivity index (χ1) is 10.2. The summed E-state index contributed by atoms with van der Waals surface area (Å²) in [5.41, 5.74) is 1.19. The molecule has 0 unspecified atom stereocenters. The van der Waals surface area contributed by atoms with E-state index in [0.717, 1.165) is 5.39 Å². The number of rotatable bonds is 6. The summed E-state index contributed by atoms with van der Waals surface area (Å²) in [6, 6.07) is 5.45. The van der Waals surface area contributed by atoms with E-state index >= 15 is 0 Å². The molecule has 0 spiro atoms. The van der Waals surface area contributed by atoms with Crippen LogP contribution in [-0.2, 0) is 4.79 Å². The molecule has 0 aliphatic heterocycles. The van der Waals surface area contributed by atoms with Gasteiger partial charge in [-0.2, -0.15) is 0 Å². The highest BCUT2D eigenvalue weighted by molar-refractivity contribution is 6.18. The molecule has 1 amide bonds. The van der Waals surface area contributed by atoms with Crippen molar-refractivity contribution in [3.05, 3.63) is 24.4 Å². The minimum atomic E-state index is -0.119. The van der Waals surface area contributed by atoms with Crippen LogP contribution < -0.4 is 14.8 Å². The predicted octanol–water partition coefficient (Wildman–Crippen LogP) is 3.21. The van der Waals surface area contributed by atoms with Gasteiger partial charge in [-0.15, -0.1) is 11.6 Å². The lowest BCUT2D eigenvalue weighted by Crippen LogP contribution is -2.12. The summed E-state index contributed by atoms with van der Waals surface area (Å²) >= 11 is 5.60. The van der Waals surface area contributed by atoms with Crippen LogP contribution in [-0.4, -0.2) is 31.0 Å². The second-order valence-electron chi connectivity index (χ2n) is 4.40. The summed E-state index contributed by atoms with van der Waals surface area (Å²) in [5.74, 6) is 1.48. The third-order valence-corrected chi connectivity index (χ3v) is 3.31.